The molecule has 27 heavy (non-hydrogen) atoms. The minimum absolute atomic E-state index is 0.179. The van der Waals surface area contributed by atoms with Crippen LogP contribution in [-0.4, -0.2) is 52.5 Å². The van der Waals surface area contributed by atoms with Crippen molar-refractivity contribution in [1.29, 1.82) is 0 Å². The topological polar surface area (TPSA) is 83.7 Å². The highest BCUT2D eigenvalue weighted by Crippen LogP contribution is 2.38. The molecule has 3 aliphatic rings. The zero-order chi connectivity index (χ0) is 18.6. The van der Waals surface area contributed by atoms with Crippen molar-refractivity contribution in [1.82, 2.24) is 15.3 Å². The maximum absolute atomic E-state index is 10.0. The van der Waals surface area contributed by atoms with Crippen LogP contribution in [0, 0.1) is 0 Å². The van der Waals surface area contributed by atoms with Gasteiger partial charge in [-0.2, -0.15) is 4.98 Å². The normalized spacial score (nSPS) is 22.1. The van der Waals surface area contributed by atoms with Gasteiger partial charge in [0, 0.05) is 36.8 Å². The molecule has 6 rings (SSSR count). The number of piperidine rings is 1. The molecule has 0 amide bonds. The van der Waals surface area contributed by atoms with Gasteiger partial charge >= 0.3 is 0 Å². The zero-order valence-electron chi connectivity index (χ0n) is 15.3. The van der Waals surface area contributed by atoms with Crippen molar-refractivity contribution in [2.45, 2.75) is 38.0 Å². The van der Waals surface area contributed by atoms with Crippen LogP contribution < -0.4 is 15.0 Å². The van der Waals surface area contributed by atoms with Crippen molar-refractivity contribution in [3.05, 3.63) is 23.7 Å². The van der Waals surface area contributed by atoms with E-state index in [2.05, 4.69) is 15.2 Å². The lowest BCUT2D eigenvalue weighted by molar-refractivity contribution is 0.0290. The predicted molar refractivity (Wildman–Crippen MR) is 104 cm³/mol. The van der Waals surface area contributed by atoms with E-state index in [1.165, 1.54) is 6.42 Å². The van der Waals surface area contributed by atoms with Crippen molar-refractivity contribution in [3.63, 3.8) is 0 Å². The Morgan fingerprint density at radius 2 is 2.15 bits per heavy atom. The lowest BCUT2D eigenvalue weighted by Crippen LogP contribution is -2.67. The Labute approximate surface area is 161 Å². The van der Waals surface area contributed by atoms with Crippen LogP contribution >= 0.6 is 11.3 Å². The Bertz CT molecular complexity index is 947. The SMILES string of the molecule is CC(C)(O)COc1ccc(-c2nccs2)c2oc(N3CC4CC(C3)N4)nc12. The van der Waals surface area contributed by atoms with Crippen LogP contribution in [-0.2, 0) is 0 Å². The second-order valence-electron chi connectivity index (χ2n) is 7.92. The number of benzene rings is 1. The number of nitrogens with zero attached hydrogens (tertiary/aromatic N) is 3. The molecular weight excluding hydrogens is 364 g/mol. The van der Waals surface area contributed by atoms with Gasteiger partial charge in [0.2, 0.25) is 0 Å². The van der Waals surface area contributed by atoms with Crippen molar-refractivity contribution < 1.29 is 14.3 Å². The fraction of sp³-hybridized carbons (Fsp3) is 0.474. The number of anilines is 1. The standard InChI is InChI=1S/C19H22N4O3S/c1-19(2,24)10-25-14-4-3-13(17-20-5-6-27-17)16-15(14)22-18(26-16)23-8-11-7-12(9-23)21-11/h3-6,11-12,21,24H,7-10H2,1-2H3. The van der Waals surface area contributed by atoms with Crippen LogP contribution in [0.15, 0.2) is 28.1 Å². The van der Waals surface area contributed by atoms with E-state index in [-0.39, 0.29) is 6.61 Å². The molecule has 3 fully saturated rings. The van der Waals surface area contributed by atoms with E-state index in [1.807, 2.05) is 17.5 Å². The molecule has 2 unspecified atom stereocenters. The number of piperazine rings is 1. The van der Waals surface area contributed by atoms with Gasteiger partial charge in [0.05, 0.1) is 11.2 Å². The molecule has 2 N–H and O–H groups in total. The molecule has 2 atom stereocenters. The number of thiazole rings is 1. The highest BCUT2D eigenvalue weighted by molar-refractivity contribution is 7.13. The molecule has 3 aromatic rings. The summed E-state index contributed by atoms with van der Waals surface area (Å²) in [5.74, 6) is 0.614. The lowest BCUT2D eigenvalue weighted by Gasteiger charge is -2.47. The summed E-state index contributed by atoms with van der Waals surface area (Å²) in [6, 6.07) is 5.49. The Morgan fingerprint density at radius 1 is 1.37 bits per heavy atom. The van der Waals surface area contributed by atoms with E-state index in [9.17, 15) is 5.11 Å². The Morgan fingerprint density at radius 3 is 2.81 bits per heavy atom. The van der Waals surface area contributed by atoms with Gasteiger partial charge in [0.15, 0.2) is 11.1 Å². The number of aromatic nitrogens is 2. The Balaban J connectivity index is 1.56. The Hall–Kier alpha value is -2.16. The number of nitrogens with one attached hydrogen (secondary N) is 1. The third-order valence-corrected chi connectivity index (χ3v) is 5.74. The maximum Gasteiger partial charge on any atom is 0.298 e. The molecule has 142 valence electrons. The van der Waals surface area contributed by atoms with Gasteiger partial charge in [-0.3, -0.25) is 0 Å². The van der Waals surface area contributed by atoms with E-state index in [4.69, 9.17) is 14.1 Å². The van der Waals surface area contributed by atoms with Gasteiger partial charge in [-0.1, -0.05) is 0 Å². The molecule has 0 radical (unpaired) electrons. The monoisotopic (exact) mass is 386 g/mol. The van der Waals surface area contributed by atoms with E-state index in [0.717, 1.165) is 23.7 Å². The molecule has 3 saturated heterocycles. The summed E-state index contributed by atoms with van der Waals surface area (Å²) in [5, 5.41) is 16.4. The molecule has 2 aromatic heterocycles. The van der Waals surface area contributed by atoms with E-state index >= 15 is 0 Å². The van der Waals surface area contributed by atoms with Gasteiger partial charge < -0.3 is 24.5 Å². The molecule has 1 aromatic carbocycles. The molecule has 0 aliphatic carbocycles. The molecular formula is C19H22N4O3S. The van der Waals surface area contributed by atoms with Gasteiger partial charge in [0.25, 0.3) is 6.01 Å². The number of fused-ring (bicyclic) bond motifs is 3. The van der Waals surface area contributed by atoms with Crippen molar-refractivity contribution >= 4 is 28.5 Å². The average Bonchev–Trinajstić information content (AvgIpc) is 3.28. The van der Waals surface area contributed by atoms with Crippen molar-refractivity contribution in [2.75, 3.05) is 24.6 Å². The molecule has 0 spiro atoms. The number of hydrogen-bond acceptors (Lipinski definition) is 8. The number of aliphatic hydroxyl groups is 1. The smallest absolute Gasteiger partial charge is 0.298 e. The lowest BCUT2D eigenvalue weighted by atomic mass is 9.92. The van der Waals surface area contributed by atoms with Crippen LogP contribution in [0.25, 0.3) is 21.7 Å². The van der Waals surface area contributed by atoms with Crippen LogP contribution in [0.1, 0.15) is 20.3 Å². The van der Waals surface area contributed by atoms with Crippen molar-refractivity contribution in [3.8, 4) is 16.3 Å². The summed E-state index contributed by atoms with van der Waals surface area (Å²) < 4.78 is 12.1. The summed E-state index contributed by atoms with van der Waals surface area (Å²) in [6.07, 6.45) is 3.01. The first-order valence-corrected chi connectivity index (χ1v) is 10.0. The minimum Gasteiger partial charge on any atom is -0.488 e. The van der Waals surface area contributed by atoms with Gasteiger partial charge in [0.1, 0.15) is 17.4 Å². The third-order valence-electron chi connectivity index (χ3n) is 4.93. The first kappa shape index (κ1) is 17.0. The molecule has 0 saturated carbocycles. The van der Waals surface area contributed by atoms with Crippen molar-refractivity contribution in [2.24, 2.45) is 0 Å². The fourth-order valence-corrected chi connectivity index (χ4v) is 4.33. The van der Waals surface area contributed by atoms with Gasteiger partial charge in [-0.05, 0) is 32.4 Å². The summed E-state index contributed by atoms with van der Waals surface area (Å²) in [6.45, 7) is 5.41. The number of hydrogen-bond donors (Lipinski definition) is 2. The first-order valence-electron chi connectivity index (χ1n) is 9.16. The second kappa shape index (κ2) is 6.19. The highest BCUT2D eigenvalue weighted by Gasteiger charge is 2.38. The van der Waals surface area contributed by atoms with E-state index in [0.29, 0.717) is 34.9 Å². The summed E-state index contributed by atoms with van der Waals surface area (Å²) in [4.78, 5) is 11.4. The molecule has 8 heteroatoms. The molecule has 7 nitrogen and oxygen atoms in total. The van der Waals surface area contributed by atoms with Crippen LogP contribution in [0.5, 0.6) is 5.75 Å². The predicted octanol–water partition coefficient (Wildman–Crippen LogP) is 2.65. The highest BCUT2D eigenvalue weighted by atomic mass is 32.1. The minimum atomic E-state index is -0.924. The number of ether oxygens (including phenoxy) is 1. The summed E-state index contributed by atoms with van der Waals surface area (Å²) >= 11 is 1.56. The number of rotatable bonds is 5. The Kier molecular flexibility index (Phi) is 3.89. The maximum atomic E-state index is 10.0. The summed E-state index contributed by atoms with van der Waals surface area (Å²) in [5.41, 5.74) is 1.34. The van der Waals surface area contributed by atoms with E-state index < -0.39 is 5.60 Å². The fourth-order valence-electron chi connectivity index (χ4n) is 3.67. The van der Waals surface area contributed by atoms with Gasteiger partial charge in [-0.25, -0.2) is 4.98 Å². The van der Waals surface area contributed by atoms with Crippen LogP contribution in [0.2, 0.25) is 0 Å². The zero-order valence-corrected chi connectivity index (χ0v) is 16.1. The largest absolute Gasteiger partial charge is 0.488 e. The van der Waals surface area contributed by atoms with Crippen LogP contribution in [0.3, 0.4) is 0 Å². The second-order valence-corrected chi connectivity index (χ2v) is 8.82. The van der Waals surface area contributed by atoms with E-state index in [1.54, 1.807) is 31.4 Å². The summed E-state index contributed by atoms with van der Waals surface area (Å²) in [7, 11) is 0. The third kappa shape index (κ3) is 3.18. The number of oxazole rings is 1. The quantitative estimate of drug-likeness (QED) is 0.697. The first-order chi connectivity index (χ1) is 13.0. The molecule has 2 bridgehead atoms. The van der Waals surface area contributed by atoms with Gasteiger partial charge in [-0.15, -0.1) is 11.3 Å². The molecule has 3 aliphatic heterocycles. The average molecular weight is 386 g/mol. The molecule has 5 heterocycles. The van der Waals surface area contributed by atoms with Crippen LogP contribution in [0.4, 0.5) is 6.01 Å².